The van der Waals surface area contributed by atoms with E-state index in [1.807, 2.05) is 6.07 Å². The van der Waals surface area contributed by atoms with E-state index in [1.54, 1.807) is 30.5 Å². The molecule has 9 nitrogen and oxygen atoms in total. The standard InChI is InChI=1S/C18H14N4O5S/c1-10-2-4-12(14(6-10)22(24)25)20-17(23)13-8-28-18(21-13)19-11-3-5-15-16(7-11)27-9-26-15/h2-8H,9H2,1H3,(H,19,21)(H,20,23). The van der Waals surface area contributed by atoms with Crippen LogP contribution in [0.2, 0.25) is 0 Å². The number of nitro groups is 1. The summed E-state index contributed by atoms with van der Waals surface area (Å²) in [7, 11) is 0. The zero-order chi connectivity index (χ0) is 19.7. The molecule has 3 aromatic rings. The molecule has 2 heterocycles. The zero-order valence-electron chi connectivity index (χ0n) is 14.6. The van der Waals surface area contributed by atoms with E-state index in [0.717, 1.165) is 11.3 Å². The second-order valence-corrected chi connectivity index (χ2v) is 6.82. The average molecular weight is 398 g/mol. The number of rotatable bonds is 5. The summed E-state index contributed by atoms with van der Waals surface area (Å²) >= 11 is 1.24. The van der Waals surface area contributed by atoms with Crippen molar-refractivity contribution in [2.75, 3.05) is 17.4 Å². The Morgan fingerprint density at radius 1 is 1.21 bits per heavy atom. The molecule has 1 amide bonds. The lowest BCUT2D eigenvalue weighted by molar-refractivity contribution is -0.384. The van der Waals surface area contributed by atoms with E-state index in [9.17, 15) is 14.9 Å². The maximum atomic E-state index is 12.4. The number of nitro benzene ring substituents is 1. The Kier molecular flexibility index (Phi) is 4.53. The summed E-state index contributed by atoms with van der Waals surface area (Å²) in [5, 5.41) is 18.9. The van der Waals surface area contributed by atoms with E-state index < -0.39 is 10.8 Å². The zero-order valence-corrected chi connectivity index (χ0v) is 15.4. The van der Waals surface area contributed by atoms with Crippen LogP contribution in [0.4, 0.5) is 22.2 Å². The molecule has 10 heteroatoms. The van der Waals surface area contributed by atoms with E-state index in [0.29, 0.717) is 16.6 Å². The van der Waals surface area contributed by atoms with Gasteiger partial charge in [0.2, 0.25) is 6.79 Å². The minimum atomic E-state index is -0.531. The maximum Gasteiger partial charge on any atom is 0.293 e. The molecule has 1 aromatic heterocycles. The van der Waals surface area contributed by atoms with Crippen molar-refractivity contribution in [1.29, 1.82) is 0 Å². The number of anilines is 3. The third-order valence-electron chi connectivity index (χ3n) is 3.96. The summed E-state index contributed by atoms with van der Waals surface area (Å²) in [6.07, 6.45) is 0. The van der Waals surface area contributed by atoms with E-state index in [4.69, 9.17) is 9.47 Å². The highest BCUT2D eigenvalue weighted by Gasteiger charge is 2.19. The number of nitrogens with zero attached hydrogens (tertiary/aromatic N) is 2. The second kappa shape index (κ2) is 7.16. The van der Waals surface area contributed by atoms with Gasteiger partial charge in [0.25, 0.3) is 11.6 Å². The summed E-state index contributed by atoms with van der Waals surface area (Å²) in [6.45, 7) is 1.93. The molecule has 0 radical (unpaired) electrons. The minimum Gasteiger partial charge on any atom is -0.454 e. The van der Waals surface area contributed by atoms with Gasteiger partial charge in [-0.3, -0.25) is 14.9 Å². The number of amides is 1. The van der Waals surface area contributed by atoms with Crippen molar-refractivity contribution in [3.8, 4) is 11.5 Å². The molecule has 0 spiro atoms. The molecule has 1 aliphatic heterocycles. The van der Waals surface area contributed by atoms with Crippen molar-refractivity contribution in [3.63, 3.8) is 0 Å². The average Bonchev–Trinajstić information content (AvgIpc) is 3.32. The quantitative estimate of drug-likeness (QED) is 0.491. The van der Waals surface area contributed by atoms with Gasteiger partial charge in [0.1, 0.15) is 11.4 Å². The first-order valence-electron chi connectivity index (χ1n) is 8.18. The molecular weight excluding hydrogens is 384 g/mol. The van der Waals surface area contributed by atoms with E-state index in [-0.39, 0.29) is 23.9 Å². The number of aryl methyl sites for hydroxylation is 1. The van der Waals surface area contributed by atoms with Crippen molar-refractivity contribution in [1.82, 2.24) is 4.98 Å². The molecule has 0 fully saturated rings. The highest BCUT2D eigenvalue weighted by molar-refractivity contribution is 7.14. The second-order valence-electron chi connectivity index (χ2n) is 5.96. The SMILES string of the molecule is Cc1ccc(NC(=O)c2csc(Nc3ccc4c(c3)OCO4)n2)c([N+](=O)[O-])c1. The molecule has 0 bridgehead atoms. The third-order valence-corrected chi connectivity index (χ3v) is 4.72. The normalized spacial score (nSPS) is 11.9. The molecule has 0 unspecified atom stereocenters. The van der Waals surface area contributed by atoms with Crippen molar-refractivity contribution in [3.05, 3.63) is 63.1 Å². The van der Waals surface area contributed by atoms with Crippen molar-refractivity contribution < 1.29 is 19.2 Å². The fourth-order valence-corrected chi connectivity index (χ4v) is 3.33. The van der Waals surface area contributed by atoms with Crippen LogP contribution in [0.15, 0.2) is 41.8 Å². The predicted octanol–water partition coefficient (Wildman–Crippen LogP) is 4.08. The first-order chi connectivity index (χ1) is 13.5. The number of fused-ring (bicyclic) bond motifs is 1. The summed E-state index contributed by atoms with van der Waals surface area (Å²) < 4.78 is 10.6. The molecule has 2 aromatic carbocycles. The number of hydrogen-bond acceptors (Lipinski definition) is 8. The number of carbonyl (C=O) groups is 1. The monoisotopic (exact) mass is 398 g/mol. The van der Waals surface area contributed by atoms with Gasteiger partial charge in [0, 0.05) is 23.2 Å². The summed E-state index contributed by atoms with van der Waals surface area (Å²) in [5.41, 5.74) is 1.58. The maximum absolute atomic E-state index is 12.4. The van der Waals surface area contributed by atoms with Crippen LogP contribution < -0.4 is 20.1 Å². The molecule has 0 saturated carbocycles. The van der Waals surface area contributed by atoms with Crippen molar-refractivity contribution in [2.24, 2.45) is 0 Å². The number of nitrogens with one attached hydrogen (secondary N) is 2. The van der Waals surface area contributed by atoms with Crippen LogP contribution >= 0.6 is 11.3 Å². The van der Waals surface area contributed by atoms with Crippen LogP contribution in [0.25, 0.3) is 0 Å². The van der Waals surface area contributed by atoms with Gasteiger partial charge in [-0.2, -0.15) is 0 Å². The lowest BCUT2D eigenvalue weighted by Gasteiger charge is -2.05. The fraction of sp³-hybridized carbons (Fsp3) is 0.111. The van der Waals surface area contributed by atoms with Crippen LogP contribution in [0.3, 0.4) is 0 Å². The number of ether oxygens (including phenoxy) is 2. The molecule has 0 atom stereocenters. The highest BCUT2D eigenvalue weighted by atomic mass is 32.1. The third kappa shape index (κ3) is 3.58. The number of hydrogen-bond donors (Lipinski definition) is 2. The molecule has 2 N–H and O–H groups in total. The Labute approximate surface area is 163 Å². The smallest absolute Gasteiger partial charge is 0.293 e. The Balaban J connectivity index is 1.48. The molecule has 142 valence electrons. The Bertz CT molecular complexity index is 1080. The van der Waals surface area contributed by atoms with Gasteiger partial charge in [0.05, 0.1) is 4.92 Å². The number of carbonyl (C=O) groups excluding carboxylic acids is 1. The summed E-state index contributed by atoms with van der Waals surface area (Å²) in [5.74, 6) is 0.776. The van der Waals surface area contributed by atoms with Crippen LogP contribution in [-0.4, -0.2) is 22.6 Å². The summed E-state index contributed by atoms with van der Waals surface area (Å²) in [6, 6.07) is 9.97. The van der Waals surface area contributed by atoms with Gasteiger partial charge < -0.3 is 20.1 Å². The van der Waals surface area contributed by atoms with E-state index in [2.05, 4.69) is 15.6 Å². The molecule has 1 aliphatic rings. The van der Waals surface area contributed by atoms with Gasteiger partial charge in [-0.15, -0.1) is 11.3 Å². The van der Waals surface area contributed by atoms with Gasteiger partial charge in [-0.1, -0.05) is 6.07 Å². The Morgan fingerprint density at radius 3 is 2.86 bits per heavy atom. The lowest BCUT2D eigenvalue weighted by Crippen LogP contribution is -2.13. The van der Waals surface area contributed by atoms with Crippen LogP contribution in [0, 0.1) is 17.0 Å². The fourth-order valence-electron chi connectivity index (χ4n) is 2.62. The first kappa shape index (κ1) is 17.7. The van der Waals surface area contributed by atoms with Gasteiger partial charge in [-0.05, 0) is 30.7 Å². The van der Waals surface area contributed by atoms with E-state index in [1.165, 1.54) is 23.5 Å². The van der Waals surface area contributed by atoms with Crippen LogP contribution in [0.5, 0.6) is 11.5 Å². The molecular formula is C18H14N4O5S. The number of aromatic nitrogens is 1. The first-order valence-corrected chi connectivity index (χ1v) is 9.06. The Hall–Kier alpha value is -3.66. The van der Waals surface area contributed by atoms with Gasteiger partial charge in [-0.25, -0.2) is 4.98 Å². The largest absolute Gasteiger partial charge is 0.454 e. The minimum absolute atomic E-state index is 0.124. The van der Waals surface area contributed by atoms with Crippen molar-refractivity contribution >= 4 is 39.4 Å². The molecule has 4 rings (SSSR count). The topological polar surface area (TPSA) is 116 Å². The number of thiazole rings is 1. The van der Waals surface area contributed by atoms with Gasteiger partial charge >= 0.3 is 0 Å². The Morgan fingerprint density at radius 2 is 2.04 bits per heavy atom. The highest BCUT2D eigenvalue weighted by Crippen LogP contribution is 2.35. The predicted molar refractivity (Wildman–Crippen MR) is 104 cm³/mol. The van der Waals surface area contributed by atoms with Gasteiger partial charge in [0.15, 0.2) is 16.6 Å². The van der Waals surface area contributed by atoms with Crippen LogP contribution in [-0.2, 0) is 0 Å². The summed E-state index contributed by atoms with van der Waals surface area (Å²) in [4.78, 5) is 27.3. The molecule has 0 saturated heterocycles. The molecule has 0 aliphatic carbocycles. The lowest BCUT2D eigenvalue weighted by atomic mass is 10.2. The van der Waals surface area contributed by atoms with Crippen molar-refractivity contribution in [2.45, 2.75) is 6.92 Å². The van der Waals surface area contributed by atoms with Crippen LogP contribution in [0.1, 0.15) is 16.1 Å². The number of benzene rings is 2. The molecule has 28 heavy (non-hydrogen) atoms. The van der Waals surface area contributed by atoms with E-state index >= 15 is 0 Å².